The molecule has 2 aromatic rings. The third-order valence-corrected chi connectivity index (χ3v) is 6.13. The lowest BCUT2D eigenvalue weighted by atomic mass is 10.1. The Morgan fingerprint density at radius 3 is 2.44 bits per heavy atom. The number of rotatable bonds is 6. The molecule has 1 heterocycles. The zero-order valence-electron chi connectivity index (χ0n) is 15.0. The van der Waals surface area contributed by atoms with Crippen LogP contribution in [0.15, 0.2) is 42.5 Å². The number of sulfonamides is 1. The van der Waals surface area contributed by atoms with Gasteiger partial charge in [-0.25, -0.2) is 8.42 Å². The van der Waals surface area contributed by atoms with Crippen LogP contribution in [0.5, 0.6) is 0 Å². The predicted octanol–water partition coefficient (Wildman–Crippen LogP) is 4.33. The molecule has 1 saturated heterocycles. The van der Waals surface area contributed by atoms with E-state index in [1.165, 1.54) is 0 Å². The second-order valence-electron chi connectivity index (χ2n) is 6.51. The van der Waals surface area contributed by atoms with E-state index < -0.39 is 10.0 Å². The van der Waals surface area contributed by atoms with E-state index in [9.17, 15) is 8.42 Å². The topological polar surface area (TPSA) is 58.6 Å². The summed E-state index contributed by atoms with van der Waals surface area (Å²) in [5, 5.41) is 0.816. The number of nitrogens with one attached hydrogen (secondary N) is 1. The molecule has 1 atom stereocenters. The van der Waals surface area contributed by atoms with E-state index >= 15 is 0 Å². The minimum atomic E-state index is -3.58. The first-order valence-electron chi connectivity index (χ1n) is 8.74. The first-order valence-corrected chi connectivity index (χ1v) is 11.1. The molecular weight excluding hydrogens is 407 g/mol. The molecule has 146 valence electrons. The number of halogens is 2. The van der Waals surface area contributed by atoms with Crippen molar-refractivity contribution in [2.24, 2.45) is 0 Å². The fourth-order valence-electron chi connectivity index (χ4n) is 3.09. The molecule has 5 nitrogen and oxygen atoms in total. The van der Waals surface area contributed by atoms with Gasteiger partial charge >= 0.3 is 0 Å². The largest absolute Gasteiger partial charge is 0.371 e. The molecule has 0 aliphatic carbocycles. The van der Waals surface area contributed by atoms with E-state index in [2.05, 4.69) is 16.5 Å². The number of benzene rings is 2. The van der Waals surface area contributed by atoms with Gasteiger partial charge in [-0.3, -0.25) is 9.62 Å². The molecule has 1 aliphatic rings. The van der Waals surface area contributed by atoms with E-state index in [-0.39, 0.29) is 11.9 Å². The van der Waals surface area contributed by atoms with E-state index in [1.807, 2.05) is 12.1 Å². The molecule has 0 saturated carbocycles. The molecule has 1 N–H and O–H groups in total. The standard InChI is InChI=1S/C19H22Cl2N2O3S/c1-2-23-7-8-26-19(12-23)15-3-5-18(6-4-15)22-27(24,25)13-14-9-16(20)11-17(21)10-14/h3-6,9-11,19,22H,2,7-8,12-13H2,1H3. The smallest absolute Gasteiger partial charge is 0.236 e. The molecule has 8 heteroatoms. The summed E-state index contributed by atoms with van der Waals surface area (Å²) in [6, 6.07) is 12.1. The van der Waals surface area contributed by atoms with Gasteiger partial charge in [0.2, 0.25) is 10.0 Å². The summed E-state index contributed by atoms with van der Waals surface area (Å²) in [6.45, 7) is 5.61. The average molecular weight is 429 g/mol. The van der Waals surface area contributed by atoms with E-state index in [4.69, 9.17) is 27.9 Å². The Labute approximate surface area is 170 Å². The van der Waals surface area contributed by atoms with Crippen LogP contribution in [0, 0.1) is 0 Å². The quantitative estimate of drug-likeness (QED) is 0.743. The van der Waals surface area contributed by atoms with Crippen LogP contribution >= 0.6 is 23.2 Å². The van der Waals surface area contributed by atoms with Crippen molar-refractivity contribution in [1.82, 2.24) is 4.90 Å². The fraction of sp³-hybridized carbons (Fsp3) is 0.368. The summed E-state index contributed by atoms with van der Waals surface area (Å²) in [6.07, 6.45) is 0.0120. The SMILES string of the molecule is CCN1CCOC(c2ccc(NS(=O)(=O)Cc3cc(Cl)cc(Cl)c3)cc2)C1. The minimum absolute atomic E-state index is 0.0120. The fourth-order valence-corrected chi connectivity index (χ4v) is 4.83. The first kappa shape index (κ1) is 20.4. The van der Waals surface area contributed by atoms with Crippen LogP contribution in [0.4, 0.5) is 5.69 Å². The van der Waals surface area contributed by atoms with Gasteiger partial charge in [0.05, 0.1) is 18.5 Å². The molecule has 1 unspecified atom stereocenters. The maximum Gasteiger partial charge on any atom is 0.236 e. The zero-order chi connectivity index (χ0) is 19.4. The monoisotopic (exact) mass is 428 g/mol. The van der Waals surface area contributed by atoms with Crippen LogP contribution in [0.3, 0.4) is 0 Å². The predicted molar refractivity (Wildman–Crippen MR) is 110 cm³/mol. The Balaban J connectivity index is 1.66. The van der Waals surface area contributed by atoms with Crippen LogP contribution < -0.4 is 4.72 Å². The van der Waals surface area contributed by atoms with Crippen molar-refractivity contribution < 1.29 is 13.2 Å². The molecule has 1 fully saturated rings. The summed E-state index contributed by atoms with van der Waals surface area (Å²) < 4.78 is 33.3. The van der Waals surface area contributed by atoms with Crippen LogP contribution in [-0.2, 0) is 20.5 Å². The van der Waals surface area contributed by atoms with Crippen molar-refractivity contribution in [1.29, 1.82) is 0 Å². The van der Waals surface area contributed by atoms with Gasteiger partial charge in [0.25, 0.3) is 0 Å². The maximum absolute atomic E-state index is 12.4. The van der Waals surface area contributed by atoms with Gasteiger partial charge < -0.3 is 4.74 Å². The number of hydrogen-bond acceptors (Lipinski definition) is 4. The van der Waals surface area contributed by atoms with Gasteiger partial charge in [0.15, 0.2) is 0 Å². The van der Waals surface area contributed by atoms with Crippen LogP contribution in [-0.4, -0.2) is 39.6 Å². The number of likely N-dealkylation sites (N-methyl/N-ethyl adjacent to an activating group) is 1. The minimum Gasteiger partial charge on any atom is -0.371 e. The highest BCUT2D eigenvalue weighted by atomic mass is 35.5. The Hall–Kier alpha value is -1.31. The van der Waals surface area contributed by atoms with Gasteiger partial charge in [-0.2, -0.15) is 0 Å². The summed E-state index contributed by atoms with van der Waals surface area (Å²) in [4.78, 5) is 2.33. The Bertz CT molecular complexity index is 868. The molecule has 1 aliphatic heterocycles. The first-order chi connectivity index (χ1) is 12.8. The molecule has 0 aromatic heterocycles. The van der Waals surface area contributed by atoms with E-state index in [1.54, 1.807) is 30.3 Å². The molecule has 2 aromatic carbocycles. The summed E-state index contributed by atoms with van der Waals surface area (Å²) >= 11 is 11.9. The number of hydrogen-bond donors (Lipinski definition) is 1. The van der Waals surface area contributed by atoms with Gasteiger partial charge in [-0.1, -0.05) is 42.3 Å². The van der Waals surface area contributed by atoms with Gasteiger partial charge in [0, 0.05) is 28.8 Å². The molecule has 27 heavy (non-hydrogen) atoms. The third-order valence-electron chi connectivity index (χ3n) is 4.43. The summed E-state index contributed by atoms with van der Waals surface area (Å²) in [5.41, 5.74) is 2.08. The summed E-state index contributed by atoms with van der Waals surface area (Å²) in [5.74, 6) is -0.202. The van der Waals surface area contributed by atoms with Gasteiger partial charge in [0.1, 0.15) is 0 Å². The second-order valence-corrected chi connectivity index (χ2v) is 9.11. The van der Waals surface area contributed by atoms with Crippen molar-refractivity contribution >= 4 is 38.9 Å². The molecular formula is C19H22Cl2N2O3S. The molecule has 3 rings (SSSR count). The van der Waals surface area contributed by atoms with Crippen LogP contribution in [0.25, 0.3) is 0 Å². The number of nitrogens with zero attached hydrogens (tertiary/aromatic N) is 1. The van der Waals surface area contributed by atoms with Crippen molar-refractivity contribution in [3.63, 3.8) is 0 Å². The van der Waals surface area contributed by atoms with Crippen LogP contribution in [0.1, 0.15) is 24.2 Å². The maximum atomic E-state index is 12.4. The second kappa shape index (κ2) is 8.80. The number of anilines is 1. The van der Waals surface area contributed by atoms with Crippen molar-refractivity contribution in [3.05, 3.63) is 63.6 Å². The lowest BCUT2D eigenvalue weighted by Gasteiger charge is -2.32. The molecule has 0 radical (unpaired) electrons. The molecule has 0 bridgehead atoms. The Kier molecular flexibility index (Phi) is 6.65. The highest BCUT2D eigenvalue weighted by Gasteiger charge is 2.21. The molecule has 0 spiro atoms. The van der Waals surface area contributed by atoms with Crippen molar-refractivity contribution in [3.8, 4) is 0 Å². The van der Waals surface area contributed by atoms with Gasteiger partial charge in [-0.15, -0.1) is 0 Å². The average Bonchev–Trinajstić information content (AvgIpc) is 2.60. The lowest BCUT2D eigenvalue weighted by Crippen LogP contribution is -2.38. The van der Waals surface area contributed by atoms with Crippen molar-refractivity contribution in [2.45, 2.75) is 18.8 Å². The molecule has 0 amide bonds. The third kappa shape index (κ3) is 5.83. The van der Waals surface area contributed by atoms with Gasteiger partial charge in [-0.05, 0) is 48.0 Å². The Morgan fingerprint density at radius 1 is 1.15 bits per heavy atom. The highest BCUT2D eigenvalue weighted by Crippen LogP contribution is 2.25. The van der Waals surface area contributed by atoms with Crippen LogP contribution in [0.2, 0.25) is 10.0 Å². The Morgan fingerprint density at radius 2 is 1.81 bits per heavy atom. The number of morpholine rings is 1. The summed E-state index contributed by atoms with van der Waals surface area (Å²) in [7, 11) is -3.58. The van der Waals surface area contributed by atoms with E-state index in [0.29, 0.717) is 27.9 Å². The number of ether oxygens (including phenoxy) is 1. The van der Waals surface area contributed by atoms with E-state index in [0.717, 1.165) is 25.2 Å². The zero-order valence-corrected chi connectivity index (χ0v) is 17.3. The normalized spacial score (nSPS) is 18.4. The van der Waals surface area contributed by atoms with Crippen molar-refractivity contribution in [2.75, 3.05) is 31.0 Å². The lowest BCUT2D eigenvalue weighted by molar-refractivity contribution is -0.0281. The highest BCUT2D eigenvalue weighted by molar-refractivity contribution is 7.91.